The molecule has 0 amide bonds. The number of hydrogen-bond acceptors (Lipinski definition) is 6. The molecule has 1 atom stereocenters. The maximum atomic E-state index is 12.8. The molecule has 0 aromatic rings. The molecule has 0 aromatic carbocycles. The molecule has 0 N–H and O–H groups in total. The number of esters is 3. The average molecular weight is 968 g/mol. The zero-order valence-electron chi connectivity index (χ0n) is 46.1. The zero-order valence-corrected chi connectivity index (χ0v) is 46.1. The number of unbranched alkanes of at least 4 members (excludes halogenated alkanes) is 36. The molecule has 0 bridgehead atoms. The zero-order chi connectivity index (χ0) is 50.0. The van der Waals surface area contributed by atoms with Crippen LogP contribution in [0.25, 0.3) is 0 Å². The molecular weight excluding hydrogens is 853 g/mol. The molecule has 69 heavy (non-hydrogen) atoms. The average Bonchev–Trinajstić information content (AvgIpc) is 3.35. The highest BCUT2D eigenvalue weighted by atomic mass is 16.6. The first-order valence-electron chi connectivity index (χ1n) is 30.1. The predicted octanol–water partition coefficient (Wildman–Crippen LogP) is 20.2. The minimum Gasteiger partial charge on any atom is -0.462 e. The van der Waals surface area contributed by atoms with Gasteiger partial charge in [-0.25, -0.2) is 0 Å². The third kappa shape index (κ3) is 56.2. The van der Waals surface area contributed by atoms with Crippen molar-refractivity contribution in [3.8, 4) is 0 Å². The maximum absolute atomic E-state index is 12.8. The van der Waals surface area contributed by atoms with Crippen molar-refractivity contribution in [2.45, 2.75) is 322 Å². The molecule has 0 fully saturated rings. The van der Waals surface area contributed by atoms with Crippen LogP contribution < -0.4 is 0 Å². The SMILES string of the molecule is CC/C=C\C/C=C\C/C=C\C/C=C\CCCCCCCCCCCCCCCCCCC(=O)OCC(COC(=O)CCCCCCCCCCC)OC(=O)CCCCCCCCCCCCCCC. The van der Waals surface area contributed by atoms with Gasteiger partial charge in [-0.2, -0.15) is 0 Å². The Morgan fingerprint density at radius 1 is 0.304 bits per heavy atom. The van der Waals surface area contributed by atoms with Gasteiger partial charge in [0.15, 0.2) is 6.10 Å². The van der Waals surface area contributed by atoms with Gasteiger partial charge in [0.2, 0.25) is 0 Å². The van der Waals surface area contributed by atoms with Crippen molar-refractivity contribution in [2.75, 3.05) is 13.2 Å². The van der Waals surface area contributed by atoms with E-state index in [0.29, 0.717) is 19.3 Å². The van der Waals surface area contributed by atoms with Crippen molar-refractivity contribution in [1.29, 1.82) is 0 Å². The highest BCUT2D eigenvalue weighted by Crippen LogP contribution is 2.17. The molecule has 0 saturated heterocycles. The molecule has 6 nitrogen and oxygen atoms in total. The summed E-state index contributed by atoms with van der Waals surface area (Å²) in [7, 11) is 0. The summed E-state index contributed by atoms with van der Waals surface area (Å²) in [6.07, 6.45) is 71.3. The normalized spacial score (nSPS) is 12.3. The standard InChI is InChI=1S/C63H114O6/c1-4-7-10-13-16-19-21-23-24-25-26-27-28-29-30-31-32-33-34-35-36-37-38-40-41-44-47-50-53-56-62(65)68-59-60(58-67-61(64)55-52-49-46-43-18-15-12-9-6-3)69-63(66)57-54-51-48-45-42-39-22-20-17-14-11-8-5-2/h7,10,16,19,23-24,26-27,60H,4-6,8-9,11-15,17-18,20-22,25,28-59H2,1-3H3/b10-7-,19-16-,24-23-,27-26-. The van der Waals surface area contributed by atoms with Crippen molar-refractivity contribution in [2.24, 2.45) is 0 Å². The lowest BCUT2D eigenvalue weighted by Crippen LogP contribution is -2.30. The first-order valence-corrected chi connectivity index (χ1v) is 30.1. The Bertz CT molecular complexity index is 1200. The fraction of sp³-hybridized carbons (Fsp3) is 0.825. The Morgan fingerprint density at radius 2 is 0.565 bits per heavy atom. The first-order chi connectivity index (χ1) is 34.0. The summed E-state index contributed by atoms with van der Waals surface area (Å²) in [5, 5.41) is 0. The minimum atomic E-state index is -0.765. The summed E-state index contributed by atoms with van der Waals surface area (Å²) in [6.45, 7) is 6.54. The molecule has 0 rings (SSSR count). The third-order valence-electron chi connectivity index (χ3n) is 13.3. The molecule has 0 aromatic heterocycles. The van der Waals surface area contributed by atoms with Gasteiger partial charge in [0.05, 0.1) is 0 Å². The van der Waals surface area contributed by atoms with Crippen LogP contribution in [0.4, 0.5) is 0 Å². The summed E-state index contributed by atoms with van der Waals surface area (Å²) in [4.78, 5) is 38.0. The van der Waals surface area contributed by atoms with Gasteiger partial charge in [0.25, 0.3) is 0 Å². The second kappa shape index (κ2) is 57.9. The van der Waals surface area contributed by atoms with Crippen LogP contribution in [-0.4, -0.2) is 37.2 Å². The van der Waals surface area contributed by atoms with E-state index in [2.05, 4.69) is 69.4 Å². The quantitative estimate of drug-likeness (QED) is 0.0262. The van der Waals surface area contributed by atoms with Crippen LogP contribution in [0.3, 0.4) is 0 Å². The maximum Gasteiger partial charge on any atom is 0.306 e. The molecule has 6 heteroatoms. The van der Waals surface area contributed by atoms with Crippen LogP contribution in [0, 0.1) is 0 Å². The van der Waals surface area contributed by atoms with Gasteiger partial charge in [0, 0.05) is 19.3 Å². The molecule has 0 aliphatic carbocycles. The monoisotopic (exact) mass is 967 g/mol. The van der Waals surface area contributed by atoms with Crippen LogP contribution in [0.2, 0.25) is 0 Å². The van der Waals surface area contributed by atoms with E-state index in [1.54, 1.807) is 0 Å². The highest BCUT2D eigenvalue weighted by Gasteiger charge is 2.19. The van der Waals surface area contributed by atoms with E-state index >= 15 is 0 Å². The minimum absolute atomic E-state index is 0.0670. The molecule has 0 saturated carbocycles. The van der Waals surface area contributed by atoms with Gasteiger partial charge < -0.3 is 14.2 Å². The Kier molecular flexibility index (Phi) is 55.7. The smallest absolute Gasteiger partial charge is 0.306 e. The van der Waals surface area contributed by atoms with Crippen LogP contribution in [0.5, 0.6) is 0 Å². The molecule has 0 aliphatic heterocycles. The first kappa shape index (κ1) is 66.4. The van der Waals surface area contributed by atoms with Crippen molar-refractivity contribution in [3.05, 3.63) is 48.6 Å². The van der Waals surface area contributed by atoms with E-state index in [9.17, 15) is 14.4 Å². The Labute approximate surface area is 428 Å². The van der Waals surface area contributed by atoms with Gasteiger partial charge in [-0.15, -0.1) is 0 Å². The third-order valence-corrected chi connectivity index (χ3v) is 13.3. The van der Waals surface area contributed by atoms with E-state index in [1.165, 1.54) is 193 Å². The number of carbonyl (C=O) groups excluding carboxylic acids is 3. The summed E-state index contributed by atoms with van der Waals surface area (Å²) >= 11 is 0. The summed E-state index contributed by atoms with van der Waals surface area (Å²) < 4.78 is 16.8. The number of ether oxygens (including phenoxy) is 3. The van der Waals surface area contributed by atoms with E-state index in [1.807, 2.05) is 0 Å². The van der Waals surface area contributed by atoms with Gasteiger partial charge in [-0.1, -0.05) is 288 Å². The van der Waals surface area contributed by atoms with E-state index in [0.717, 1.165) is 83.5 Å². The van der Waals surface area contributed by atoms with Gasteiger partial charge in [-0.05, 0) is 57.8 Å². The number of hydrogen-bond donors (Lipinski definition) is 0. The second-order valence-electron chi connectivity index (χ2n) is 20.2. The number of rotatable bonds is 55. The molecule has 0 heterocycles. The summed E-state index contributed by atoms with van der Waals surface area (Å²) in [6, 6.07) is 0. The molecule has 1 unspecified atom stereocenters. The Morgan fingerprint density at radius 3 is 0.884 bits per heavy atom. The number of carbonyl (C=O) groups is 3. The number of allylic oxidation sites excluding steroid dienone is 8. The lowest BCUT2D eigenvalue weighted by Gasteiger charge is -2.18. The summed E-state index contributed by atoms with van der Waals surface area (Å²) in [5.74, 6) is -0.852. The summed E-state index contributed by atoms with van der Waals surface area (Å²) in [5.41, 5.74) is 0. The molecule has 402 valence electrons. The van der Waals surface area contributed by atoms with Crippen molar-refractivity contribution in [1.82, 2.24) is 0 Å². The van der Waals surface area contributed by atoms with Crippen molar-refractivity contribution < 1.29 is 28.6 Å². The van der Waals surface area contributed by atoms with Crippen molar-refractivity contribution in [3.63, 3.8) is 0 Å². The largest absolute Gasteiger partial charge is 0.462 e. The topological polar surface area (TPSA) is 78.9 Å². The van der Waals surface area contributed by atoms with E-state index in [-0.39, 0.29) is 31.1 Å². The lowest BCUT2D eigenvalue weighted by molar-refractivity contribution is -0.167. The highest BCUT2D eigenvalue weighted by molar-refractivity contribution is 5.71. The fourth-order valence-electron chi connectivity index (χ4n) is 8.85. The molecule has 0 radical (unpaired) electrons. The van der Waals surface area contributed by atoms with E-state index < -0.39 is 6.10 Å². The molecular formula is C63H114O6. The Hall–Kier alpha value is -2.63. The lowest BCUT2D eigenvalue weighted by atomic mass is 10.0. The molecule has 0 spiro atoms. The predicted molar refractivity (Wildman–Crippen MR) is 298 cm³/mol. The van der Waals surface area contributed by atoms with Crippen LogP contribution in [0.1, 0.15) is 316 Å². The fourth-order valence-corrected chi connectivity index (χ4v) is 8.85. The molecule has 0 aliphatic rings. The van der Waals surface area contributed by atoms with Crippen LogP contribution in [-0.2, 0) is 28.6 Å². The van der Waals surface area contributed by atoms with Gasteiger partial charge >= 0.3 is 17.9 Å². The van der Waals surface area contributed by atoms with E-state index in [4.69, 9.17) is 14.2 Å². The Balaban J connectivity index is 4.07. The second-order valence-corrected chi connectivity index (χ2v) is 20.2. The van der Waals surface area contributed by atoms with Crippen molar-refractivity contribution >= 4 is 17.9 Å². The van der Waals surface area contributed by atoms with Crippen LogP contribution in [0.15, 0.2) is 48.6 Å². The van der Waals surface area contributed by atoms with Crippen LogP contribution >= 0.6 is 0 Å². The van der Waals surface area contributed by atoms with Gasteiger partial charge in [0.1, 0.15) is 13.2 Å². The van der Waals surface area contributed by atoms with Gasteiger partial charge in [-0.3, -0.25) is 14.4 Å².